The summed E-state index contributed by atoms with van der Waals surface area (Å²) in [4.78, 5) is 22.8. The zero-order valence-corrected chi connectivity index (χ0v) is 9.36. The van der Waals surface area contributed by atoms with Crippen LogP contribution in [-0.2, 0) is 6.54 Å². The molecule has 0 unspecified atom stereocenters. The zero-order chi connectivity index (χ0) is 11.7. The maximum Gasteiger partial charge on any atom is 0.274 e. The fraction of sp³-hybridized carbons (Fsp3) is 0.333. The Labute approximate surface area is 92.9 Å². The van der Waals surface area contributed by atoms with Gasteiger partial charge in [-0.3, -0.25) is 19.4 Å². The molecule has 0 radical (unpaired) electrons. The Kier molecular flexibility index (Phi) is 2.64. The summed E-state index contributed by atoms with van der Waals surface area (Å²) in [5, 5.41) is 3.56. The van der Waals surface area contributed by atoms with Gasteiger partial charge in [-0.1, -0.05) is 19.9 Å². The molecule has 2 aromatic rings. The minimum absolute atomic E-state index is 0.0626. The van der Waals surface area contributed by atoms with E-state index in [0.717, 1.165) is 6.29 Å². The average molecular weight is 218 g/mol. The predicted octanol–water partition coefficient (Wildman–Crippen LogP) is 1.80. The third kappa shape index (κ3) is 1.66. The van der Waals surface area contributed by atoms with Crippen molar-refractivity contribution in [2.75, 3.05) is 0 Å². The molecule has 4 nitrogen and oxygen atoms in total. The van der Waals surface area contributed by atoms with Crippen LogP contribution in [0.4, 0.5) is 0 Å². The molecule has 0 amide bonds. The maximum absolute atomic E-state index is 11.9. The number of nitrogens with zero attached hydrogens (tertiary/aromatic N) is 1. The lowest BCUT2D eigenvalue weighted by atomic mass is 10.2. The van der Waals surface area contributed by atoms with Crippen LogP contribution >= 0.6 is 0 Å². The molecule has 0 saturated carbocycles. The molecule has 1 N–H and O–H groups in total. The monoisotopic (exact) mass is 218 g/mol. The SMILES string of the molecule is CC(C)Cn1[nH]c2c(C=O)cccc2c1=O. The van der Waals surface area contributed by atoms with Crippen LogP contribution in [0.1, 0.15) is 24.2 Å². The van der Waals surface area contributed by atoms with Gasteiger partial charge < -0.3 is 0 Å². The standard InChI is InChI=1S/C12H14N2O2/c1-8(2)6-14-12(16)10-5-3-4-9(7-15)11(10)13-14/h3-5,7-8,13H,6H2,1-2H3. The van der Waals surface area contributed by atoms with E-state index in [1.165, 1.54) is 0 Å². The van der Waals surface area contributed by atoms with E-state index in [4.69, 9.17) is 0 Å². The number of nitrogens with one attached hydrogen (secondary N) is 1. The summed E-state index contributed by atoms with van der Waals surface area (Å²) in [7, 11) is 0. The van der Waals surface area contributed by atoms with E-state index in [9.17, 15) is 9.59 Å². The third-order valence-corrected chi connectivity index (χ3v) is 2.49. The minimum Gasteiger partial charge on any atom is -0.298 e. The summed E-state index contributed by atoms with van der Waals surface area (Å²) in [6.07, 6.45) is 0.762. The number of carbonyl (C=O) groups excluding carboxylic acids is 1. The Morgan fingerprint density at radius 1 is 1.44 bits per heavy atom. The number of rotatable bonds is 3. The molecule has 84 valence electrons. The van der Waals surface area contributed by atoms with Crippen molar-refractivity contribution in [3.63, 3.8) is 0 Å². The second-order valence-corrected chi connectivity index (χ2v) is 4.31. The molecule has 1 heterocycles. The first kappa shape index (κ1) is 10.7. The molecule has 1 aromatic carbocycles. The highest BCUT2D eigenvalue weighted by Gasteiger charge is 2.10. The number of H-pyrrole nitrogens is 1. The van der Waals surface area contributed by atoms with Crippen molar-refractivity contribution < 1.29 is 4.79 Å². The summed E-state index contributed by atoms with van der Waals surface area (Å²) >= 11 is 0. The lowest BCUT2D eigenvalue weighted by molar-refractivity contribution is 0.112. The van der Waals surface area contributed by atoms with Gasteiger partial charge in [-0.05, 0) is 18.1 Å². The first-order chi connectivity index (χ1) is 7.63. The number of hydrogen-bond acceptors (Lipinski definition) is 2. The quantitative estimate of drug-likeness (QED) is 0.798. The first-order valence-corrected chi connectivity index (χ1v) is 5.30. The number of aldehydes is 1. The largest absolute Gasteiger partial charge is 0.298 e. The Morgan fingerprint density at radius 2 is 2.19 bits per heavy atom. The van der Waals surface area contributed by atoms with Gasteiger partial charge in [-0.25, -0.2) is 0 Å². The van der Waals surface area contributed by atoms with Gasteiger partial charge in [0.25, 0.3) is 5.56 Å². The van der Waals surface area contributed by atoms with Crippen molar-refractivity contribution in [3.05, 3.63) is 34.1 Å². The summed E-state index contributed by atoms with van der Waals surface area (Å²) in [6.45, 7) is 4.71. The lowest BCUT2D eigenvalue weighted by Gasteiger charge is -2.03. The highest BCUT2D eigenvalue weighted by Crippen LogP contribution is 2.12. The Bertz CT molecular complexity index is 578. The molecule has 0 fully saturated rings. The van der Waals surface area contributed by atoms with Gasteiger partial charge in [0.2, 0.25) is 0 Å². The topological polar surface area (TPSA) is 54.9 Å². The molecule has 0 bridgehead atoms. The van der Waals surface area contributed by atoms with E-state index >= 15 is 0 Å². The maximum atomic E-state index is 11.9. The van der Waals surface area contributed by atoms with Crippen LogP contribution in [0.2, 0.25) is 0 Å². The van der Waals surface area contributed by atoms with E-state index in [-0.39, 0.29) is 5.56 Å². The van der Waals surface area contributed by atoms with E-state index in [1.807, 2.05) is 13.8 Å². The second-order valence-electron chi connectivity index (χ2n) is 4.31. The van der Waals surface area contributed by atoms with Crippen LogP contribution in [0.3, 0.4) is 0 Å². The Morgan fingerprint density at radius 3 is 2.81 bits per heavy atom. The fourth-order valence-corrected chi connectivity index (χ4v) is 1.80. The number of fused-ring (bicyclic) bond motifs is 1. The number of aromatic nitrogens is 2. The van der Waals surface area contributed by atoms with Gasteiger partial charge in [0.15, 0.2) is 6.29 Å². The number of benzene rings is 1. The van der Waals surface area contributed by atoms with Crippen LogP contribution in [0.25, 0.3) is 10.9 Å². The van der Waals surface area contributed by atoms with Gasteiger partial charge in [0.05, 0.1) is 10.9 Å². The predicted molar refractivity (Wildman–Crippen MR) is 62.8 cm³/mol. The molecule has 0 saturated heterocycles. The van der Waals surface area contributed by atoms with Gasteiger partial charge in [0.1, 0.15) is 0 Å². The van der Waals surface area contributed by atoms with Crippen molar-refractivity contribution in [1.29, 1.82) is 0 Å². The number of hydrogen-bond donors (Lipinski definition) is 1. The van der Waals surface area contributed by atoms with Crippen molar-refractivity contribution in [3.8, 4) is 0 Å². The number of carbonyl (C=O) groups is 1. The smallest absolute Gasteiger partial charge is 0.274 e. The summed E-state index contributed by atoms with van der Waals surface area (Å²) in [5.41, 5.74) is 1.09. The molecular formula is C12H14N2O2. The summed E-state index contributed by atoms with van der Waals surface area (Å²) in [5.74, 6) is 0.380. The minimum atomic E-state index is -0.0626. The second kappa shape index (κ2) is 3.96. The molecule has 4 heteroatoms. The van der Waals surface area contributed by atoms with E-state index in [0.29, 0.717) is 28.9 Å². The highest BCUT2D eigenvalue weighted by atomic mass is 16.1. The Balaban J connectivity index is 2.67. The highest BCUT2D eigenvalue weighted by molar-refractivity contribution is 5.95. The molecule has 0 aliphatic heterocycles. The lowest BCUT2D eigenvalue weighted by Crippen LogP contribution is -2.19. The molecule has 1 aromatic heterocycles. The van der Waals surface area contributed by atoms with Crippen molar-refractivity contribution in [2.45, 2.75) is 20.4 Å². The van der Waals surface area contributed by atoms with Crippen LogP contribution < -0.4 is 5.56 Å². The number of para-hydroxylation sites is 1. The summed E-state index contributed by atoms with van der Waals surface area (Å²) < 4.78 is 1.56. The van der Waals surface area contributed by atoms with Crippen molar-refractivity contribution in [1.82, 2.24) is 9.78 Å². The third-order valence-electron chi connectivity index (χ3n) is 2.49. The van der Waals surface area contributed by atoms with Crippen molar-refractivity contribution in [2.24, 2.45) is 5.92 Å². The van der Waals surface area contributed by atoms with Crippen molar-refractivity contribution >= 4 is 17.2 Å². The fourth-order valence-electron chi connectivity index (χ4n) is 1.80. The molecular weight excluding hydrogens is 204 g/mol. The van der Waals surface area contributed by atoms with Crippen LogP contribution in [0, 0.1) is 5.92 Å². The van der Waals surface area contributed by atoms with E-state index < -0.39 is 0 Å². The van der Waals surface area contributed by atoms with E-state index in [1.54, 1.807) is 22.9 Å². The molecule has 2 rings (SSSR count). The van der Waals surface area contributed by atoms with Gasteiger partial charge in [-0.15, -0.1) is 0 Å². The normalized spacial score (nSPS) is 11.2. The van der Waals surface area contributed by atoms with Gasteiger partial charge >= 0.3 is 0 Å². The first-order valence-electron chi connectivity index (χ1n) is 5.30. The summed E-state index contributed by atoms with van der Waals surface area (Å²) in [6, 6.07) is 5.16. The molecule has 0 aliphatic carbocycles. The Hall–Kier alpha value is -1.84. The molecule has 0 aliphatic rings. The van der Waals surface area contributed by atoms with Crippen LogP contribution in [-0.4, -0.2) is 16.1 Å². The van der Waals surface area contributed by atoms with Gasteiger partial charge in [0, 0.05) is 12.1 Å². The number of aromatic amines is 1. The molecule has 16 heavy (non-hydrogen) atoms. The van der Waals surface area contributed by atoms with Gasteiger partial charge in [-0.2, -0.15) is 0 Å². The van der Waals surface area contributed by atoms with Crippen LogP contribution in [0.15, 0.2) is 23.0 Å². The van der Waals surface area contributed by atoms with Crippen LogP contribution in [0.5, 0.6) is 0 Å². The van der Waals surface area contributed by atoms with E-state index in [2.05, 4.69) is 5.10 Å². The molecule has 0 atom stereocenters. The average Bonchev–Trinajstić information content (AvgIpc) is 2.55. The molecule has 0 spiro atoms. The zero-order valence-electron chi connectivity index (χ0n) is 9.36.